The van der Waals surface area contributed by atoms with Gasteiger partial charge in [0.15, 0.2) is 11.9 Å². The van der Waals surface area contributed by atoms with Gasteiger partial charge in [-0.15, -0.1) is 0 Å². The van der Waals surface area contributed by atoms with E-state index in [0.29, 0.717) is 41.4 Å². The van der Waals surface area contributed by atoms with Crippen molar-refractivity contribution < 1.29 is 32.2 Å². The lowest BCUT2D eigenvalue weighted by Crippen LogP contribution is -2.51. The summed E-state index contributed by atoms with van der Waals surface area (Å²) in [5.41, 5.74) is 1.88. The Kier molecular flexibility index (Phi) is 6.96. The van der Waals surface area contributed by atoms with Crippen molar-refractivity contribution in [3.63, 3.8) is 0 Å². The lowest BCUT2D eigenvalue weighted by molar-refractivity contribution is -0.204. The van der Waals surface area contributed by atoms with Crippen molar-refractivity contribution in [3.05, 3.63) is 83.3 Å². The van der Waals surface area contributed by atoms with Crippen molar-refractivity contribution in [2.75, 3.05) is 6.54 Å². The molecule has 0 amide bonds. The van der Waals surface area contributed by atoms with E-state index in [2.05, 4.69) is 15.2 Å². The van der Waals surface area contributed by atoms with Gasteiger partial charge in [-0.3, -0.25) is 15.2 Å². The van der Waals surface area contributed by atoms with E-state index in [1.165, 1.54) is 18.3 Å². The lowest BCUT2D eigenvalue weighted by Gasteiger charge is -2.37. The zero-order valence-corrected chi connectivity index (χ0v) is 17.1. The van der Waals surface area contributed by atoms with Gasteiger partial charge in [-0.05, 0) is 30.3 Å². The van der Waals surface area contributed by atoms with Crippen LogP contribution in [0.4, 0.5) is 17.6 Å². The van der Waals surface area contributed by atoms with Crippen molar-refractivity contribution in [2.45, 2.75) is 11.5 Å². The third-order valence-corrected chi connectivity index (χ3v) is 4.74. The first kappa shape index (κ1) is 24.4. The first-order chi connectivity index (χ1) is 16.1. The van der Waals surface area contributed by atoms with E-state index < -0.39 is 41.0 Å². The van der Waals surface area contributed by atoms with Crippen molar-refractivity contribution in [3.8, 4) is 11.6 Å². The van der Waals surface area contributed by atoms with Crippen LogP contribution in [0.3, 0.4) is 0 Å². The van der Waals surface area contributed by atoms with Gasteiger partial charge in [-0.1, -0.05) is 5.22 Å². The maximum absolute atomic E-state index is 15.6. The number of hydrogen-bond donors (Lipinski definition) is 3. The van der Waals surface area contributed by atoms with Crippen molar-refractivity contribution in [1.82, 2.24) is 15.0 Å². The number of hydrogen-bond acceptors (Lipinski definition) is 8. The molecule has 0 aliphatic carbocycles. The van der Waals surface area contributed by atoms with Crippen LogP contribution in [-0.2, 0) is 11.5 Å². The van der Waals surface area contributed by atoms with Crippen molar-refractivity contribution in [1.29, 1.82) is 10.9 Å². The van der Waals surface area contributed by atoms with Gasteiger partial charge in [0.1, 0.15) is 29.4 Å². The number of aldehydes is 1. The fourth-order valence-corrected chi connectivity index (χ4v) is 3.00. The second-order valence-electron chi connectivity index (χ2n) is 6.91. The Morgan fingerprint density at radius 3 is 2.41 bits per heavy atom. The molecule has 3 rings (SSSR count). The van der Waals surface area contributed by atoms with Gasteiger partial charge < -0.3 is 9.84 Å². The van der Waals surface area contributed by atoms with E-state index in [1.54, 1.807) is 0 Å². The molecule has 2 heterocycles. The summed E-state index contributed by atoms with van der Waals surface area (Å²) in [4.78, 5) is 18.2. The molecule has 3 aromatic rings. The van der Waals surface area contributed by atoms with Gasteiger partial charge >= 0.3 is 5.92 Å². The average Bonchev–Trinajstić information content (AvgIpc) is 2.83. The van der Waals surface area contributed by atoms with Gasteiger partial charge in [-0.25, -0.2) is 18.8 Å². The lowest BCUT2D eigenvalue weighted by atomic mass is 9.84. The second kappa shape index (κ2) is 9.70. The van der Waals surface area contributed by atoms with E-state index in [0.717, 1.165) is 18.3 Å². The van der Waals surface area contributed by atoms with Crippen LogP contribution in [0.2, 0.25) is 0 Å². The molecule has 9 nitrogen and oxygen atoms in total. The van der Waals surface area contributed by atoms with Crippen LogP contribution in [-0.4, -0.2) is 39.3 Å². The van der Waals surface area contributed by atoms with Crippen LogP contribution < -0.4 is 4.74 Å². The topological polar surface area (TPSA) is 136 Å². The standard InChI is InChI=1S/C21H16F4N6O3/c22-14-2-4-16(17(23)7-14)20(33,11-31(12-26)30-27)21(24,25)18-5-3-15(9-28-18)34-19-6-1-13(10-32)8-29-19/h1-10,12,26-27,33H,11H2. The molecule has 0 spiro atoms. The number of pyridine rings is 2. The highest BCUT2D eigenvalue weighted by atomic mass is 19.3. The summed E-state index contributed by atoms with van der Waals surface area (Å²) >= 11 is 0. The molecule has 0 radical (unpaired) electrons. The number of aromatic nitrogens is 2. The van der Waals surface area contributed by atoms with Gasteiger partial charge in [-0.2, -0.15) is 14.3 Å². The summed E-state index contributed by atoms with van der Waals surface area (Å²) in [6.07, 6.45) is 3.10. The van der Waals surface area contributed by atoms with Crippen molar-refractivity contribution in [2.24, 2.45) is 5.22 Å². The Morgan fingerprint density at radius 2 is 1.88 bits per heavy atom. The van der Waals surface area contributed by atoms with Crippen LogP contribution in [0.1, 0.15) is 21.6 Å². The first-order valence-corrected chi connectivity index (χ1v) is 9.40. The Balaban J connectivity index is 1.98. The predicted octanol–water partition coefficient (Wildman–Crippen LogP) is 4.19. The molecule has 1 aromatic carbocycles. The molecule has 3 N–H and O–H groups in total. The van der Waals surface area contributed by atoms with Gasteiger partial charge in [0.25, 0.3) is 0 Å². The number of aliphatic hydroxyl groups is 1. The highest BCUT2D eigenvalue weighted by Crippen LogP contribution is 2.46. The quantitative estimate of drug-likeness (QED) is 0.100. The Morgan fingerprint density at radius 1 is 1.12 bits per heavy atom. The van der Waals surface area contributed by atoms with Crippen LogP contribution >= 0.6 is 0 Å². The molecule has 0 fully saturated rings. The van der Waals surface area contributed by atoms with Crippen LogP contribution in [0.5, 0.6) is 11.6 Å². The molecule has 13 heteroatoms. The Labute approximate surface area is 189 Å². The predicted molar refractivity (Wildman–Crippen MR) is 109 cm³/mol. The SMILES string of the molecule is N=CN(CC(O)(c1ccc(F)cc1F)C(F)(F)c1ccc(Oc2ccc(C=O)cn2)cn1)N=N. The number of nitrogens with zero attached hydrogens (tertiary/aromatic N) is 4. The zero-order chi connectivity index (χ0) is 24.9. The number of ether oxygens (including phenoxy) is 1. The van der Waals surface area contributed by atoms with E-state index >= 15 is 8.78 Å². The summed E-state index contributed by atoms with van der Waals surface area (Å²) in [6, 6.07) is 6.34. The Bertz CT molecular complexity index is 1190. The number of halogens is 4. The molecule has 34 heavy (non-hydrogen) atoms. The number of nitrogens with one attached hydrogen (secondary N) is 2. The van der Waals surface area contributed by atoms with Crippen LogP contribution in [0.25, 0.3) is 0 Å². The minimum absolute atomic E-state index is 0.00955. The minimum Gasteiger partial charge on any atom is -0.437 e. The molecule has 2 aromatic heterocycles. The average molecular weight is 476 g/mol. The summed E-state index contributed by atoms with van der Waals surface area (Å²) in [5.74, 6) is -6.79. The molecular weight excluding hydrogens is 460 g/mol. The van der Waals surface area contributed by atoms with Crippen LogP contribution in [0.15, 0.2) is 60.1 Å². The number of carbonyl (C=O) groups is 1. The van der Waals surface area contributed by atoms with Gasteiger partial charge in [0.2, 0.25) is 5.88 Å². The summed E-state index contributed by atoms with van der Waals surface area (Å²) in [7, 11) is 0. The monoisotopic (exact) mass is 476 g/mol. The molecule has 0 saturated heterocycles. The summed E-state index contributed by atoms with van der Waals surface area (Å²) in [6.45, 7) is -1.22. The highest BCUT2D eigenvalue weighted by molar-refractivity contribution is 5.74. The molecule has 0 aliphatic heterocycles. The minimum atomic E-state index is -4.31. The smallest absolute Gasteiger partial charge is 0.323 e. The van der Waals surface area contributed by atoms with E-state index in [1.807, 2.05) is 0 Å². The van der Waals surface area contributed by atoms with Gasteiger partial charge in [0.05, 0.1) is 12.7 Å². The van der Waals surface area contributed by atoms with E-state index in [-0.39, 0.29) is 11.6 Å². The van der Waals surface area contributed by atoms with E-state index in [9.17, 15) is 18.7 Å². The number of benzene rings is 1. The fraction of sp³-hybridized carbons (Fsp3) is 0.143. The zero-order valence-electron chi connectivity index (χ0n) is 17.1. The third kappa shape index (κ3) is 4.73. The molecule has 1 atom stereocenters. The first-order valence-electron chi connectivity index (χ1n) is 9.40. The number of carbonyl (C=O) groups excluding carboxylic acids is 1. The molecule has 0 bridgehead atoms. The number of alkyl halides is 2. The molecule has 1 unspecified atom stereocenters. The molecule has 176 valence electrons. The van der Waals surface area contributed by atoms with Crippen LogP contribution in [0, 0.1) is 22.6 Å². The number of rotatable bonds is 10. The third-order valence-electron chi connectivity index (χ3n) is 4.74. The van der Waals surface area contributed by atoms with E-state index in [4.69, 9.17) is 15.7 Å². The normalized spacial score (nSPS) is 13.0. The fourth-order valence-electron chi connectivity index (χ4n) is 3.00. The molecular formula is C21H16F4N6O3. The maximum Gasteiger partial charge on any atom is 0.323 e. The van der Waals surface area contributed by atoms with Gasteiger partial charge in [0, 0.05) is 29.5 Å². The maximum atomic E-state index is 15.6. The summed E-state index contributed by atoms with van der Waals surface area (Å²) in [5, 5.41) is 21.4. The second-order valence-corrected chi connectivity index (χ2v) is 6.91. The molecule has 0 saturated carbocycles. The highest BCUT2D eigenvalue weighted by Gasteiger charge is 2.58. The summed E-state index contributed by atoms with van der Waals surface area (Å²) < 4.78 is 64.4. The van der Waals surface area contributed by atoms with Crippen molar-refractivity contribution >= 4 is 12.6 Å². The largest absolute Gasteiger partial charge is 0.437 e. The molecule has 0 aliphatic rings. The Hall–Kier alpha value is -4.26.